The smallest absolute Gasteiger partial charge is 0.368 e. The molecule has 2 amide bonds. The monoisotopic (exact) mass is 462 g/mol. The van der Waals surface area contributed by atoms with E-state index in [1.54, 1.807) is 6.07 Å². The number of benzene rings is 2. The quantitative estimate of drug-likeness (QED) is 0.671. The Morgan fingerprint density at radius 3 is 2.28 bits per heavy atom. The minimum Gasteiger partial charge on any atom is -0.368 e. The van der Waals surface area contributed by atoms with Crippen LogP contribution in [0.15, 0.2) is 48.5 Å². The van der Waals surface area contributed by atoms with Crippen molar-refractivity contribution >= 4 is 34.4 Å². The molecule has 0 aromatic heterocycles. The van der Waals surface area contributed by atoms with E-state index in [-0.39, 0.29) is 12.0 Å². The van der Waals surface area contributed by atoms with Gasteiger partial charge in [-0.3, -0.25) is 9.59 Å². The summed E-state index contributed by atoms with van der Waals surface area (Å²) in [5.74, 6) is -1.39. The van der Waals surface area contributed by atoms with Crippen LogP contribution in [-0.2, 0) is 17.4 Å². The number of rotatable bonds is 5. The molecule has 2 aromatic rings. The lowest BCUT2D eigenvalue weighted by Gasteiger charge is -2.16. The molecule has 0 saturated heterocycles. The molecule has 0 spiro atoms. The first kappa shape index (κ1) is 19.2. The van der Waals surface area contributed by atoms with Crippen LogP contribution in [0.3, 0.4) is 0 Å². The van der Waals surface area contributed by atoms with Crippen LogP contribution in [-0.4, -0.2) is 17.9 Å². The molecule has 132 valence electrons. The Morgan fingerprint density at radius 2 is 1.76 bits per heavy atom. The van der Waals surface area contributed by atoms with Crippen molar-refractivity contribution in [1.82, 2.24) is 5.32 Å². The normalized spacial score (nSPS) is 12.5. The van der Waals surface area contributed by atoms with Crippen LogP contribution in [0, 0.1) is 3.57 Å². The van der Waals surface area contributed by atoms with Crippen molar-refractivity contribution in [2.75, 3.05) is 0 Å². The summed E-state index contributed by atoms with van der Waals surface area (Å²) in [4.78, 5) is 23.8. The first-order valence-corrected chi connectivity index (χ1v) is 8.26. The van der Waals surface area contributed by atoms with Gasteiger partial charge < -0.3 is 11.1 Å². The van der Waals surface area contributed by atoms with Crippen molar-refractivity contribution in [3.8, 4) is 0 Å². The summed E-state index contributed by atoms with van der Waals surface area (Å²) >= 11 is 2.12. The van der Waals surface area contributed by atoms with Gasteiger partial charge in [-0.1, -0.05) is 12.1 Å². The molecule has 0 bridgehead atoms. The number of halogens is 4. The largest absolute Gasteiger partial charge is 0.416 e. The Labute approximate surface area is 155 Å². The van der Waals surface area contributed by atoms with Gasteiger partial charge in [0.15, 0.2) is 0 Å². The third kappa shape index (κ3) is 5.45. The number of primary amides is 1. The fourth-order valence-electron chi connectivity index (χ4n) is 2.17. The predicted molar refractivity (Wildman–Crippen MR) is 94.8 cm³/mol. The van der Waals surface area contributed by atoms with E-state index in [0.717, 1.165) is 33.4 Å². The molecular weight excluding hydrogens is 448 g/mol. The Hall–Kier alpha value is -2.10. The van der Waals surface area contributed by atoms with Crippen molar-refractivity contribution in [3.05, 3.63) is 68.8 Å². The maximum Gasteiger partial charge on any atom is 0.416 e. The van der Waals surface area contributed by atoms with Crippen LogP contribution in [0.1, 0.15) is 21.5 Å². The third-order valence-corrected chi connectivity index (χ3v) is 4.12. The summed E-state index contributed by atoms with van der Waals surface area (Å²) in [6.07, 6.45) is -4.28. The minimum atomic E-state index is -4.48. The van der Waals surface area contributed by atoms with E-state index in [2.05, 4.69) is 27.9 Å². The predicted octanol–water partition coefficient (Wildman–Crippen LogP) is 3.14. The fourth-order valence-corrected chi connectivity index (χ4v) is 2.78. The van der Waals surface area contributed by atoms with Gasteiger partial charge in [0.2, 0.25) is 5.91 Å². The number of nitrogens with one attached hydrogen (secondary N) is 1. The first-order chi connectivity index (χ1) is 11.7. The Morgan fingerprint density at radius 1 is 1.12 bits per heavy atom. The number of carbonyl (C=O) groups excluding carboxylic acids is 2. The van der Waals surface area contributed by atoms with E-state index in [0.29, 0.717) is 0 Å². The second kappa shape index (κ2) is 7.85. The Kier molecular flexibility index (Phi) is 6.04. The molecule has 2 rings (SSSR count). The number of carbonyl (C=O) groups is 2. The van der Waals surface area contributed by atoms with Gasteiger partial charge in [0.1, 0.15) is 6.04 Å². The molecule has 2 aromatic carbocycles. The zero-order valence-corrected chi connectivity index (χ0v) is 15.0. The van der Waals surface area contributed by atoms with E-state index in [1.807, 2.05) is 18.2 Å². The van der Waals surface area contributed by atoms with E-state index in [9.17, 15) is 22.8 Å². The average Bonchev–Trinajstić information content (AvgIpc) is 2.53. The summed E-state index contributed by atoms with van der Waals surface area (Å²) in [6.45, 7) is 0. The van der Waals surface area contributed by atoms with Crippen LogP contribution >= 0.6 is 22.6 Å². The highest BCUT2D eigenvalue weighted by Gasteiger charge is 2.30. The van der Waals surface area contributed by atoms with Gasteiger partial charge in [-0.15, -0.1) is 0 Å². The van der Waals surface area contributed by atoms with Crippen molar-refractivity contribution in [1.29, 1.82) is 0 Å². The maximum atomic E-state index is 12.5. The first-order valence-electron chi connectivity index (χ1n) is 7.18. The SMILES string of the molecule is NC(=O)[C@H](Cc1cccc(I)c1)NC(=O)c1ccc(C(F)(F)F)cc1. The van der Waals surface area contributed by atoms with Crippen molar-refractivity contribution in [2.24, 2.45) is 5.73 Å². The summed E-state index contributed by atoms with van der Waals surface area (Å²) in [5.41, 5.74) is 5.30. The standard InChI is InChI=1S/C17H14F3IN2O2/c18-17(19,20)12-6-4-11(5-7-12)16(25)23-14(15(22)24)9-10-2-1-3-13(21)8-10/h1-8,14H,9H2,(H2,22,24)(H,23,25)/t14-/m0/s1. The van der Waals surface area contributed by atoms with E-state index in [4.69, 9.17) is 5.73 Å². The third-order valence-electron chi connectivity index (χ3n) is 3.45. The number of hydrogen-bond donors (Lipinski definition) is 2. The van der Waals surface area contributed by atoms with Gasteiger partial charge in [-0.2, -0.15) is 13.2 Å². The average molecular weight is 462 g/mol. The van der Waals surface area contributed by atoms with Crippen molar-refractivity contribution in [2.45, 2.75) is 18.6 Å². The molecule has 0 saturated carbocycles. The molecule has 3 N–H and O–H groups in total. The molecule has 0 unspecified atom stereocenters. The van der Waals surface area contributed by atoms with E-state index < -0.39 is 29.6 Å². The lowest BCUT2D eigenvalue weighted by atomic mass is 10.0. The topological polar surface area (TPSA) is 72.2 Å². The summed E-state index contributed by atoms with van der Waals surface area (Å²) in [6, 6.07) is 10.1. The van der Waals surface area contributed by atoms with Gasteiger partial charge >= 0.3 is 6.18 Å². The molecule has 1 atom stereocenters. The summed E-state index contributed by atoms with van der Waals surface area (Å²) in [7, 11) is 0. The van der Waals surface area contributed by atoms with Crippen LogP contribution in [0.25, 0.3) is 0 Å². The van der Waals surface area contributed by atoms with Gasteiger partial charge in [0.25, 0.3) is 5.91 Å². The lowest BCUT2D eigenvalue weighted by molar-refractivity contribution is -0.137. The molecule has 8 heteroatoms. The summed E-state index contributed by atoms with van der Waals surface area (Å²) in [5, 5.41) is 2.46. The van der Waals surface area contributed by atoms with Crippen LogP contribution in [0.5, 0.6) is 0 Å². The van der Waals surface area contributed by atoms with Crippen molar-refractivity contribution < 1.29 is 22.8 Å². The number of nitrogens with two attached hydrogens (primary N) is 1. The number of hydrogen-bond acceptors (Lipinski definition) is 2. The molecule has 0 heterocycles. The molecule has 4 nitrogen and oxygen atoms in total. The molecule has 0 radical (unpaired) electrons. The van der Waals surface area contributed by atoms with Crippen LogP contribution in [0.2, 0.25) is 0 Å². The van der Waals surface area contributed by atoms with Crippen LogP contribution in [0.4, 0.5) is 13.2 Å². The molecule has 0 aliphatic rings. The van der Waals surface area contributed by atoms with E-state index >= 15 is 0 Å². The second-order valence-corrected chi connectivity index (χ2v) is 6.58. The highest BCUT2D eigenvalue weighted by Crippen LogP contribution is 2.29. The minimum absolute atomic E-state index is 0.0156. The zero-order valence-electron chi connectivity index (χ0n) is 12.8. The maximum absolute atomic E-state index is 12.5. The van der Waals surface area contributed by atoms with Crippen LogP contribution < -0.4 is 11.1 Å². The Bertz CT molecular complexity index is 776. The molecule has 0 aliphatic carbocycles. The highest BCUT2D eigenvalue weighted by molar-refractivity contribution is 14.1. The number of amides is 2. The molecule has 0 aliphatic heterocycles. The van der Waals surface area contributed by atoms with Gasteiger partial charge in [0, 0.05) is 15.6 Å². The molecule has 25 heavy (non-hydrogen) atoms. The fraction of sp³-hybridized carbons (Fsp3) is 0.176. The van der Waals surface area contributed by atoms with Crippen molar-refractivity contribution in [3.63, 3.8) is 0 Å². The second-order valence-electron chi connectivity index (χ2n) is 5.34. The number of alkyl halides is 3. The summed E-state index contributed by atoms with van der Waals surface area (Å²) < 4.78 is 38.6. The zero-order chi connectivity index (χ0) is 18.6. The van der Waals surface area contributed by atoms with E-state index in [1.165, 1.54) is 0 Å². The van der Waals surface area contributed by atoms with Gasteiger partial charge in [-0.25, -0.2) is 0 Å². The van der Waals surface area contributed by atoms with Gasteiger partial charge in [-0.05, 0) is 64.6 Å². The Balaban J connectivity index is 2.11. The highest BCUT2D eigenvalue weighted by atomic mass is 127. The molecule has 0 fully saturated rings. The van der Waals surface area contributed by atoms with Gasteiger partial charge in [0.05, 0.1) is 5.56 Å². The lowest BCUT2D eigenvalue weighted by Crippen LogP contribution is -2.45. The molecular formula is C17H14F3IN2O2.